The molecule has 0 saturated carbocycles. The summed E-state index contributed by atoms with van der Waals surface area (Å²) in [4.78, 5) is 37.6. The van der Waals surface area contributed by atoms with Crippen LogP contribution in [0.3, 0.4) is 0 Å². The molecule has 1 saturated heterocycles. The number of ether oxygens (including phenoxy) is 1. The molecule has 1 unspecified atom stereocenters. The third-order valence-corrected chi connectivity index (χ3v) is 6.42. The first-order valence-corrected chi connectivity index (χ1v) is 11.6. The third kappa shape index (κ3) is 7.52. The van der Waals surface area contributed by atoms with Crippen molar-refractivity contribution in [3.05, 3.63) is 24.2 Å². The molecule has 2 heterocycles. The average molecular weight is 429 g/mol. The van der Waals surface area contributed by atoms with Gasteiger partial charge in [-0.3, -0.25) is 14.4 Å². The Hall–Kier alpha value is -2.36. The molecule has 1 aromatic rings. The van der Waals surface area contributed by atoms with Gasteiger partial charge in [-0.1, -0.05) is 13.3 Å². The van der Waals surface area contributed by atoms with Gasteiger partial charge in [0.2, 0.25) is 0 Å². The summed E-state index contributed by atoms with van der Waals surface area (Å²) >= 11 is 0. The normalized spacial score (nSPS) is 17.6. The summed E-state index contributed by atoms with van der Waals surface area (Å²) in [7, 11) is -3.11. The van der Waals surface area contributed by atoms with Crippen LogP contribution in [0.25, 0.3) is 0 Å². The molecule has 2 amide bonds. The highest BCUT2D eigenvalue weighted by atomic mass is 32.2. The van der Waals surface area contributed by atoms with Gasteiger partial charge in [0.25, 0.3) is 11.8 Å². The third-order valence-electron chi connectivity index (χ3n) is 4.67. The first-order valence-electron chi connectivity index (χ1n) is 9.79. The molecule has 1 atom stereocenters. The van der Waals surface area contributed by atoms with Gasteiger partial charge in [0.1, 0.15) is 0 Å². The minimum absolute atomic E-state index is 0.0359. The number of hydrogen-bond acceptors (Lipinski definition) is 7. The number of unbranched alkanes of at least 4 members (excludes halogenated alkanes) is 1. The summed E-state index contributed by atoms with van der Waals surface area (Å²) in [5, 5.41) is 2.62. The second-order valence-corrected chi connectivity index (χ2v) is 9.22. The molecule has 9 nitrogen and oxygen atoms in total. The summed E-state index contributed by atoms with van der Waals surface area (Å²) in [6.07, 6.45) is 3.85. The Balaban J connectivity index is 1.71. The number of nitrogens with one attached hydrogen (secondary N) is 1. The molecule has 0 radical (unpaired) electrons. The van der Waals surface area contributed by atoms with Crippen LogP contribution < -0.4 is 5.32 Å². The Bertz CT molecular complexity index is 789. The maximum atomic E-state index is 12.5. The van der Waals surface area contributed by atoms with Gasteiger partial charge in [0.15, 0.2) is 22.2 Å². The van der Waals surface area contributed by atoms with Crippen molar-refractivity contribution in [3.8, 4) is 0 Å². The van der Waals surface area contributed by atoms with E-state index in [1.54, 1.807) is 6.07 Å². The molecule has 0 aromatic carbocycles. The van der Waals surface area contributed by atoms with Gasteiger partial charge >= 0.3 is 5.97 Å². The molecule has 1 fully saturated rings. The number of amides is 2. The predicted octanol–water partition coefficient (Wildman–Crippen LogP) is 1.15. The van der Waals surface area contributed by atoms with Crippen LogP contribution in [0.5, 0.6) is 0 Å². The van der Waals surface area contributed by atoms with Crippen LogP contribution in [-0.2, 0) is 24.2 Å². The van der Waals surface area contributed by atoms with Crippen molar-refractivity contribution < 1.29 is 32.0 Å². The van der Waals surface area contributed by atoms with E-state index in [0.717, 1.165) is 12.8 Å². The molecular formula is C19H28N2O7S. The molecule has 1 aromatic heterocycles. The highest BCUT2D eigenvalue weighted by molar-refractivity contribution is 7.91. The molecule has 10 heteroatoms. The summed E-state index contributed by atoms with van der Waals surface area (Å²) in [6, 6.07) is 2.79. The zero-order chi connectivity index (χ0) is 21.3. The van der Waals surface area contributed by atoms with E-state index in [0.29, 0.717) is 19.4 Å². The number of esters is 1. The maximum Gasteiger partial charge on any atom is 0.306 e. The molecule has 0 bridgehead atoms. The first kappa shape index (κ1) is 22.9. The smallest absolute Gasteiger partial charge is 0.306 e. The van der Waals surface area contributed by atoms with Gasteiger partial charge in [-0.15, -0.1) is 0 Å². The second-order valence-electron chi connectivity index (χ2n) is 6.99. The van der Waals surface area contributed by atoms with Crippen LogP contribution in [0, 0.1) is 0 Å². The standard InChI is InChI=1S/C19H28N2O7S/c1-2-3-10-21(15-8-12-29(25,26)14-15)17(22)13-28-18(23)7-4-9-20-19(24)16-6-5-11-27-16/h5-6,11,15H,2-4,7-10,12-14H2,1H3,(H,20,24). The van der Waals surface area contributed by atoms with Crippen molar-refractivity contribution in [2.75, 3.05) is 31.2 Å². The van der Waals surface area contributed by atoms with E-state index in [1.807, 2.05) is 6.92 Å². The van der Waals surface area contributed by atoms with Crippen LogP contribution in [0.2, 0.25) is 0 Å². The van der Waals surface area contributed by atoms with Crippen LogP contribution in [0.15, 0.2) is 22.8 Å². The van der Waals surface area contributed by atoms with E-state index in [-0.39, 0.29) is 48.1 Å². The van der Waals surface area contributed by atoms with Gasteiger partial charge in [-0.05, 0) is 31.4 Å². The van der Waals surface area contributed by atoms with E-state index < -0.39 is 22.4 Å². The molecule has 1 aliphatic rings. The van der Waals surface area contributed by atoms with Gasteiger partial charge in [0, 0.05) is 25.6 Å². The molecule has 2 rings (SSSR count). The van der Waals surface area contributed by atoms with Crippen molar-refractivity contribution in [2.24, 2.45) is 0 Å². The Kier molecular flexibility index (Phi) is 8.69. The van der Waals surface area contributed by atoms with Crippen molar-refractivity contribution in [2.45, 2.75) is 45.1 Å². The lowest BCUT2D eigenvalue weighted by Crippen LogP contribution is -2.43. The Morgan fingerprint density at radius 1 is 1.31 bits per heavy atom. The fourth-order valence-corrected chi connectivity index (χ4v) is 4.82. The van der Waals surface area contributed by atoms with Crippen LogP contribution in [-0.4, -0.2) is 68.3 Å². The molecule has 162 valence electrons. The molecule has 0 spiro atoms. The number of furan rings is 1. The number of nitrogens with zero attached hydrogens (tertiary/aromatic N) is 1. The van der Waals surface area contributed by atoms with Crippen LogP contribution in [0.1, 0.15) is 49.6 Å². The van der Waals surface area contributed by atoms with Crippen LogP contribution in [0.4, 0.5) is 0 Å². The summed E-state index contributed by atoms with van der Waals surface area (Å²) < 4.78 is 33.4. The highest BCUT2D eigenvalue weighted by Gasteiger charge is 2.34. The Morgan fingerprint density at radius 3 is 2.72 bits per heavy atom. The lowest BCUT2D eigenvalue weighted by atomic mass is 10.2. The quantitative estimate of drug-likeness (QED) is 0.414. The van der Waals surface area contributed by atoms with E-state index >= 15 is 0 Å². The van der Waals surface area contributed by atoms with Gasteiger partial charge in [-0.25, -0.2) is 8.42 Å². The maximum absolute atomic E-state index is 12.5. The van der Waals surface area contributed by atoms with Crippen molar-refractivity contribution in [1.29, 1.82) is 0 Å². The Morgan fingerprint density at radius 2 is 2.10 bits per heavy atom. The summed E-state index contributed by atoms with van der Waals surface area (Å²) in [5.41, 5.74) is 0. The zero-order valence-corrected chi connectivity index (χ0v) is 17.4. The van der Waals surface area contributed by atoms with Crippen molar-refractivity contribution in [1.82, 2.24) is 10.2 Å². The minimum Gasteiger partial charge on any atom is -0.459 e. The van der Waals surface area contributed by atoms with Crippen molar-refractivity contribution >= 4 is 27.6 Å². The highest BCUT2D eigenvalue weighted by Crippen LogP contribution is 2.18. The van der Waals surface area contributed by atoms with Crippen molar-refractivity contribution in [3.63, 3.8) is 0 Å². The molecule has 1 N–H and O–H groups in total. The summed E-state index contributed by atoms with van der Waals surface area (Å²) in [6.45, 7) is 2.30. The monoisotopic (exact) mass is 428 g/mol. The SMILES string of the molecule is CCCCN(C(=O)COC(=O)CCCNC(=O)c1ccco1)C1CCS(=O)(=O)C1. The molecule has 29 heavy (non-hydrogen) atoms. The van der Waals surface area contributed by atoms with Gasteiger partial charge in [0.05, 0.1) is 17.8 Å². The lowest BCUT2D eigenvalue weighted by molar-refractivity contribution is -0.153. The average Bonchev–Trinajstić information content (AvgIpc) is 3.33. The van der Waals surface area contributed by atoms with Crippen LogP contribution >= 0.6 is 0 Å². The number of sulfone groups is 1. The minimum atomic E-state index is -3.11. The number of rotatable bonds is 11. The number of carbonyl (C=O) groups excluding carboxylic acids is 3. The predicted molar refractivity (Wildman–Crippen MR) is 105 cm³/mol. The molecular weight excluding hydrogens is 400 g/mol. The fourth-order valence-electron chi connectivity index (χ4n) is 3.09. The number of carbonyl (C=O) groups is 3. The summed E-state index contributed by atoms with van der Waals surface area (Å²) in [5.74, 6) is -1.04. The van der Waals surface area contributed by atoms with E-state index in [1.165, 1.54) is 17.2 Å². The molecule has 1 aliphatic heterocycles. The topological polar surface area (TPSA) is 123 Å². The zero-order valence-electron chi connectivity index (χ0n) is 16.6. The molecule has 0 aliphatic carbocycles. The van der Waals surface area contributed by atoms with Gasteiger partial charge in [-0.2, -0.15) is 0 Å². The van der Waals surface area contributed by atoms with E-state index in [4.69, 9.17) is 9.15 Å². The van der Waals surface area contributed by atoms with E-state index in [9.17, 15) is 22.8 Å². The fraction of sp³-hybridized carbons (Fsp3) is 0.632. The Labute approximate surface area is 170 Å². The lowest BCUT2D eigenvalue weighted by Gasteiger charge is -2.28. The first-order chi connectivity index (χ1) is 13.8. The van der Waals surface area contributed by atoms with Gasteiger partial charge < -0.3 is 19.4 Å². The second kappa shape index (κ2) is 11.0. The van der Waals surface area contributed by atoms with E-state index in [2.05, 4.69) is 5.32 Å². The number of hydrogen-bond donors (Lipinski definition) is 1. The largest absolute Gasteiger partial charge is 0.459 e.